The first kappa shape index (κ1) is 29.3. The summed E-state index contributed by atoms with van der Waals surface area (Å²) in [5.74, 6) is 0. The molecule has 54 heavy (non-hydrogen) atoms. The second kappa shape index (κ2) is 11.1. The number of aromatic amines is 5. The van der Waals surface area contributed by atoms with E-state index in [1.165, 1.54) is 38.1 Å². The van der Waals surface area contributed by atoms with Gasteiger partial charge in [0.2, 0.25) is 0 Å². The van der Waals surface area contributed by atoms with Crippen LogP contribution in [0.1, 0.15) is 34.9 Å². The van der Waals surface area contributed by atoms with Crippen molar-refractivity contribution in [3.63, 3.8) is 0 Å². The maximum Gasteiger partial charge on any atom is 0.0962 e. The molecule has 6 nitrogen and oxygen atoms in total. The number of rotatable bonds is 5. The van der Waals surface area contributed by atoms with Crippen LogP contribution >= 0.6 is 0 Å². The minimum atomic E-state index is 0.666. The number of fused-ring (bicyclic) bond motifs is 6. The molecule has 0 unspecified atom stereocenters. The summed E-state index contributed by atoms with van der Waals surface area (Å²) in [6.45, 7) is 0. The van der Waals surface area contributed by atoms with Gasteiger partial charge in [-0.2, -0.15) is 0 Å². The number of H-pyrrole nitrogens is 5. The number of hydrogen-bond donors (Lipinski definition) is 5. The first-order valence-electron chi connectivity index (χ1n) is 18.4. The highest BCUT2D eigenvalue weighted by atomic mass is 14.9. The van der Waals surface area contributed by atoms with E-state index in [1.807, 2.05) is 0 Å². The molecule has 0 fully saturated rings. The summed E-state index contributed by atoms with van der Waals surface area (Å²) in [5.41, 5.74) is 13.1. The van der Waals surface area contributed by atoms with Crippen molar-refractivity contribution in [2.75, 3.05) is 0 Å². The van der Waals surface area contributed by atoms with E-state index >= 15 is 0 Å². The Morgan fingerprint density at radius 2 is 0.704 bits per heavy atom. The molecule has 10 aromatic rings. The standard InChI is InChI=1S/C48H32N6/c1-6-16-32-27(11-1)22-49-42(32)37-21-38-40(41(44-34-18-8-3-13-29(34)24-51-44)39(37)43-33-17-7-2-12-28(33)23-50-43)48(46-36-20-10-5-15-31(36)26-53-46)54-47(38)45-35-19-9-4-14-30(35)25-52-45/h1-20,22-26,49-53H,21H2. The quantitative estimate of drug-likeness (QED) is 0.119. The van der Waals surface area contributed by atoms with Crippen molar-refractivity contribution in [2.24, 2.45) is 4.99 Å². The number of aliphatic imine (C=N–C) groups is 1. The molecule has 0 saturated heterocycles. The summed E-state index contributed by atoms with van der Waals surface area (Å²) in [5, 5.41) is 11.7. The molecule has 6 heterocycles. The third-order valence-electron chi connectivity index (χ3n) is 11.5. The largest absolute Gasteiger partial charge is 0.360 e. The number of hydrogen-bond acceptors (Lipinski definition) is 1. The van der Waals surface area contributed by atoms with Crippen LogP contribution in [0.25, 0.3) is 76.3 Å². The van der Waals surface area contributed by atoms with Crippen LogP contribution in [0.2, 0.25) is 0 Å². The van der Waals surface area contributed by atoms with Crippen LogP contribution in [-0.2, 0) is 0 Å². The van der Waals surface area contributed by atoms with Gasteiger partial charge in [-0.1, -0.05) is 121 Å². The Hall–Kier alpha value is -7.31. The van der Waals surface area contributed by atoms with E-state index in [0.717, 1.165) is 83.5 Å². The summed E-state index contributed by atoms with van der Waals surface area (Å²) in [4.78, 5) is 24.5. The van der Waals surface area contributed by atoms with Crippen molar-refractivity contribution >= 4 is 82.0 Å². The molecule has 254 valence electrons. The van der Waals surface area contributed by atoms with Gasteiger partial charge in [0, 0.05) is 81.1 Å². The van der Waals surface area contributed by atoms with Crippen molar-refractivity contribution in [2.45, 2.75) is 6.42 Å². The van der Waals surface area contributed by atoms with Gasteiger partial charge in [-0.25, -0.2) is 4.99 Å². The highest BCUT2D eigenvalue weighted by Gasteiger charge is 2.40. The van der Waals surface area contributed by atoms with Gasteiger partial charge in [0.05, 0.1) is 39.9 Å². The van der Waals surface area contributed by atoms with Crippen LogP contribution in [-0.4, -0.2) is 30.6 Å². The van der Waals surface area contributed by atoms with Crippen molar-refractivity contribution in [3.05, 3.63) is 192 Å². The predicted octanol–water partition coefficient (Wildman–Crippen LogP) is 11.8. The van der Waals surface area contributed by atoms with Crippen LogP contribution in [0.15, 0.2) is 168 Å². The third kappa shape index (κ3) is 4.07. The first-order valence-corrected chi connectivity index (χ1v) is 18.4. The lowest BCUT2D eigenvalue weighted by molar-refractivity contribution is 1.21. The highest BCUT2D eigenvalue weighted by molar-refractivity contribution is 6.36. The van der Waals surface area contributed by atoms with Gasteiger partial charge in [-0.05, 0) is 38.1 Å². The molecule has 0 saturated carbocycles. The van der Waals surface area contributed by atoms with Gasteiger partial charge in [0.1, 0.15) is 0 Å². The Bertz CT molecular complexity index is 3300. The molecule has 0 bridgehead atoms. The fourth-order valence-electron chi connectivity index (χ4n) is 9.05. The van der Waals surface area contributed by atoms with Crippen LogP contribution in [0.3, 0.4) is 0 Å². The van der Waals surface area contributed by atoms with Gasteiger partial charge in [0.25, 0.3) is 0 Å². The number of benzene rings is 5. The molecular weight excluding hydrogens is 661 g/mol. The zero-order valence-electron chi connectivity index (χ0n) is 29.1. The zero-order chi connectivity index (χ0) is 35.3. The lowest BCUT2D eigenvalue weighted by Gasteiger charge is -2.28. The Kier molecular flexibility index (Phi) is 6.02. The fraction of sp³-hybridized carbons (Fsp3) is 0.0208. The summed E-state index contributed by atoms with van der Waals surface area (Å²) < 4.78 is 0. The molecule has 2 aliphatic rings. The van der Waals surface area contributed by atoms with E-state index in [-0.39, 0.29) is 0 Å². The zero-order valence-corrected chi connectivity index (χ0v) is 29.1. The summed E-state index contributed by atoms with van der Waals surface area (Å²) in [6, 6.07) is 43.1. The number of nitrogens with one attached hydrogen (secondary N) is 5. The van der Waals surface area contributed by atoms with E-state index < -0.39 is 0 Å². The first-order chi connectivity index (χ1) is 26.8. The van der Waals surface area contributed by atoms with Crippen molar-refractivity contribution in [1.82, 2.24) is 24.9 Å². The van der Waals surface area contributed by atoms with Crippen molar-refractivity contribution in [1.29, 1.82) is 0 Å². The van der Waals surface area contributed by atoms with E-state index in [0.29, 0.717) is 6.42 Å². The number of nitrogens with zero attached hydrogens (tertiary/aromatic N) is 1. The maximum atomic E-state index is 5.73. The van der Waals surface area contributed by atoms with E-state index in [1.54, 1.807) is 0 Å². The normalized spacial score (nSPS) is 14.9. The Balaban J connectivity index is 1.29. The Morgan fingerprint density at radius 1 is 0.333 bits per heavy atom. The molecule has 0 amide bonds. The minimum Gasteiger partial charge on any atom is -0.360 e. The van der Waals surface area contributed by atoms with Gasteiger partial charge < -0.3 is 24.9 Å². The third-order valence-corrected chi connectivity index (χ3v) is 11.5. The SMILES string of the molecule is c1ccc2c(C3=NC(c4[nH]cc5ccccc45)=C4CC(c5[nH]cc6ccccc56)=C(c5[nH]cc6ccccc56)C(c5[nH]cc6ccccc56)=C34)[nH]cc2c1. The minimum absolute atomic E-state index is 0.666. The van der Waals surface area contributed by atoms with Crippen LogP contribution in [0, 0.1) is 0 Å². The molecular formula is C48H32N6. The lowest BCUT2D eigenvalue weighted by Crippen LogP contribution is -2.14. The topological polar surface area (TPSA) is 91.3 Å². The van der Waals surface area contributed by atoms with E-state index in [4.69, 9.17) is 4.99 Å². The van der Waals surface area contributed by atoms with Gasteiger partial charge in [-0.15, -0.1) is 0 Å². The van der Waals surface area contributed by atoms with E-state index in [9.17, 15) is 0 Å². The highest BCUT2D eigenvalue weighted by Crippen LogP contribution is 2.55. The lowest BCUT2D eigenvalue weighted by atomic mass is 9.75. The predicted molar refractivity (Wildman–Crippen MR) is 223 cm³/mol. The van der Waals surface area contributed by atoms with Crippen molar-refractivity contribution < 1.29 is 0 Å². The smallest absolute Gasteiger partial charge is 0.0962 e. The van der Waals surface area contributed by atoms with E-state index in [2.05, 4.69) is 177 Å². The summed E-state index contributed by atoms with van der Waals surface area (Å²) >= 11 is 0. The van der Waals surface area contributed by atoms with Crippen molar-refractivity contribution in [3.8, 4) is 0 Å². The number of allylic oxidation sites excluding steroid dienone is 5. The average molecular weight is 693 g/mol. The molecule has 1 aliphatic heterocycles. The van der Waals surface area contributed by atoms with Crippen LogP contribution in [0.4, 0.5) is 0 Å². The van der Waals surface area contributed by atoms with Crippen LogP contribution < -0.4 is 0 Å². The van der Waals surface area contributed by atoms with Crippen LogP contribution in [0.5, 0.6) is 0 Å². The van der Waals surface area contributed by atoms with Gasteiger partial charge >= 0.3 is 0 Å². The molecule has 12 rings (SSSR count). The molecule has 5 N–H and O–H groups in total. The molecule has 5 aromatic carbocycles. The average Bonchev–Trinajstić information content (AvgIpc) is 4.08. The summed E-state index contributed by atoms with van der Waals surface area (Å²) in [7, 11) is 0. The fourth-order valence-corrected chi connectivity index (χ4v) is 9.05. The molecule has 5 aromatic heterocycles. The Morgan fingerprint density at radius 3 is 1.22 bits per heavy atom. The molecule has 0 spiro atoms. The summed E-state index contributed by atoms with van der Waals surface area (Å²) in [6.07, 6.45) is 11.3. The van der Waals surface area contributed by atoms with Gasteiger partial charge in [-0.3, -0.25) is 0 Å². The Labute approximate surface area is 309 Å². The maximum absolute atomic E-state index is 5.73. The molecule has 1 aliphatic carbocycles. The second-order valence-corrected chi connectivity index (χ2v) is 14.3. The molecule has 0 atom stereocenters. The second-order valence-electron chi connectivity index (χ2n) is 14.3. The monoisotopic (exact) mass is 692 g/mol. The number of aromatic nitrogens is 5. The van der Waals surface area contributed by atoms with Gasteiger partial charge in [0.15, 0.2) is 0 Å². The molecule has 6 heteroatoms. The molecule has 0 radical (unpaired) electrons.